The molecule has 0 N–H and O–H groups in total. The molecule has 6 rings (SSSR count). The van der Waals surface area contributed by atoms with Gasteiger partial charge >= 0.3 is 0 Å². The number of ether oxygens (including phenoxy) is 1. The number of methoxy groups -OCH3 is 1. The molecule has 1 aliphatic heterocycles. The quantitative estimate of drug-likeness (QED) is 0.367. The second-order valence-electron chi connectivity index (χ2n) is 7.63. The second-order valence-corrected chi connectivity index (χ2v) is 8.64. The molecule has 1 atom stereocenters. The third-order valence-corrected chi connectivity index (χ3v) is 6.75. The normalized spacial score (nSPS) is 15.4. The van der Waals surface area contributed by atoms with Crippen LogP contribution in [0.5, 0.6) is 5.75 Å². The van der Waals surface area contributed by atoms with Crippen molar-refractivity contribution in [3.63, 3.8) is 0 Å². The first-order valence-electron chi connectivity index (χ1n) is 10.1. The molecule has 3 heterocycles. The minimum atomic E-state index is -0.770. The molecule has 162 valence electrons. The highest BCUT2D eigenvalue weighted by Gasteiger charge is 2.45. The molecule has 5 aromatic rings. The van der Waals surface area contributed by atoms with E-state index in [9.17, 15) is 14.0 Å². The highest BCUT2D eigenvalue weighted by atomic mass is 32.1. The number of hydrogen-bond donors (Lipinski definition) is 0. The average molecular weight is 458 g/mol. The van der Waals surface area contributed by atoms with E-state index in [1.807, 2.05) is 6.07 Å². The van der Waals surface area contributed by atoms with Crippen molar-refractivity contribution in [3.05, 3.63) is 99.7 Å². The van der Waals surface area contributed by atoms with Crippen LogP contribution in [0.25, 0.3) is 21.2 Å². The van der Waals surface area contributed by atoms with Gasteiger partial charge in [0.25, 0.3) is 5.91 Å². The van der Waals surface area contributed by atoms with Crippen LogP contribution in [0, 0.1) is 5.82 Å². The van der Waals surface area contributed by atoms with E-state index >= 15 is 0 Å². The fraction of sp³-hybridized carbons (Fsp3) is 0.0800. The van der Waals surface area contributed by atoms with Gasteiger partial charge < -0.3 is 9.15 Å². The maximum atomic E-state index is 13.8. The first kappa shape index (κ1) is 19.6. The number of anilines is 1. The van der Waals surface area contributed by atoms with Gasteiger partial charge in [-0.05, 0) is 48.0 Å². The summed E-state index contributed by atoms with van der Waals surface area (Å²) in [5.41, 5.74) is 1.55. The number of rotatable bonds is 3. The van der Waals surface area contributed by atoms with Crippen LogP contribution in [0.2, 0.25) is 0 Å². The molecule has 8 heteroatoms. The summed E-state index contributed by atoms with van der Waals surface area (Å²) in [6, 6.07) is 17.5. The average Bonchev–Trinajstić information content (AvgIpc) is 3.37. The number of fused-ring (bicyclic) bond motifs is 3. The van der Waals surface area contributed by atoms with Crippen molar-refractivity contribution in [2.75, 3.05) is 12.0 Å². The predicted octanol–water partition coefficient (Wildman–Crippen LogP) is 5.30. The Bertz CT molecular complexity index is 1640. The van der Waals surface area contributed by atoms with Crippen LogP contribution in [0.3, 0.4) is 0 Å². The minimum Gasteiger partial charge on any atom is -0.497 e. The molecule has 0 radical (unpaired) electrons. The molecular formula is C25H15FN2O4S. The van der Waals surface area contributed by atoms with E-state index < -0.39 is 11.9 Å². The van der Waals surface area contributed by atoms with Crippen molar-refractivity contribution in [2.24, 2.45) is 0 Å². The maximum Gasteiger partial charge on any atom is 0.297 e. The number of amides is 1. The zero-order chi connectivity index (χ0) is 22.7. The molecule has 1 aliphatic rings. The van der Waals surface area contributed by atoms with Crippen LogP contribution in [0.15, 0.2) is 75.9 Å². The number of carbonyl (C=O) groups excluding carboxylic acids is 1. The molecule has 6 nitrogen and oxygen atoms in total. The van der Waals surface area contributed by atoms with E-state index in [4.69, 9.17) is 9.15 Å². The molecule has 0 fully saturated rings. The fourth-order valence-electron chi connectivity index (χ4n) is 4.23. The lowest BCUT2D eigenvalue weighted by atomic mass is 9.98. The van der Waals surface area contributed by atoms with Crippen LogP contribution in [0.4, 0.5) is 9.52 Å². The largest absolute Gasteiger partial charge is 0.497 e. The van der Waals surface area contributed by atoms with Gasteiger partial charge in [0.15, 0.2) is 10.6 Å². The Morgan fingerprint density at radius 3 is 2.76 bits per heavy atom. The molecule has 1 amide bonds. The summed E-state index contributed by atoms with van der Waals surface area (Å²) in [6.07, 6.45) is 0. The Hall–Kier alpha value is -4.04. The maximum absolute atomic E-state index is 13.8. The summed E-state index contributed by atoms with van der Waals surface area (Å²) in [4.78, 5) is 33.2. The van der Waals surface area contributed by atoms with E-state index in [0.717, 1.165) is 0 Å². The number of hydrogen-bond acceptors (Lipinski definition) is 6. The summed E-state index contributed by atoms with van der Waals surface area (Å²) < 4.78 is 25.7. The smallest absolute Gasteiger partial charge is 0.297 e. The predicted molar refractivity (Wildman–Crippen MR) is 124 cm³/mol. The van der Waals surface area contributed by atoms with E-state index in [-0.39, 0.29) is 22.6 Å². The van der Waals surface area contributed by atoms with Crippen LogP contribution in [-0.2, 0) is 0 Å². The molecule has 0 saturated heterocycles. The fourth-order valence-corrected chi connectivity index (χ4v) is 5.25. The van der Waals surface area contributed by atoms with Crippen LogP contribution in [0.1, 0.15) is 27.7 Å². The van der Waals surface area contributed by atoms with Gasteiger partial charge in [-0.3, -0.25) is 14.5 Å². The van der Waals surface area contributed by atoms with Crippen LogP contribution >= 0.6 is 11.3 Å². The second kappa shape index (κ2) is 7.25. The summed E-state index contributed by atoms with van der Waals surface area (Å²) >= 11 is 1.18. The minimum absolute atomic E-state index is 0.0167. The summed E-state index contributed by atoms with van der Waals surface area (Å²) in [5, 5.41) is 0.744. The molecule has 0 bridgehead atoms. The Morgan fingerprint density at radius 1 is 1.06 bits per heavy atom. The SMILES string of the molecule is COc1cccc([C@H]2c3c(oc4ccccc4c3=O)C(=O)N2c2nc3ccc(F)cc3s2)c1. The summed E-state index contributed by atoms with van der Waals surface area (Å²) in [6.45, 7) is 0. The summed E-state index contributed by atoms with van der Waals surface area (Å²) in [7, 11) is 1.55. The lowest BCUT2D eigenvalue weighted by Gasteiger charge is -2.22. The molecular weight excluding hydrogens is 443 g/mol. The van der Waals surface area contributed by atoms with Gasteiger partial charge in [0.1, 0.15) is 17.1 Å². The number of thiazole rings is 1. The van der Waals surface area contributed by atoms with Crippen LogP contribution in [-0.4, -0.2) is 18.0 Å². The van der Waals surface area contributed by atoms with E-state index in [2.05, 4.69) is 4.98 Å². The van der Waals surface area contributed by atoms with Gasteiger partial charge in [0.2, 0.25) is 5.76 Å². The van der Waals surface area contributed by atoms with Gasteiger partial charge in [-0.2, -0.15) is 0 Å². The van der Waals surface area contributed by atoms with Crippen molar-refractivity contribution in [3.8, 4) is 5.75 Å². The Morgan fingerprint density at radius 2 is 1.91 bits per heavy atom. The van der Waals surface area contributed by atoms with Crippen molar-refractivity contribution in [1.82, 2.24) is 4.98 Å². The Kier molecular flexibility index (Phi) is 4.31. The molecule has 0 spiro atoms. The monoisotopic (exact) mass is 458 g/mol. The van der Waals surface area contributed by atoms with E-state index in [1.165, 1.54) is 28.4 Å². The number of aromatic nitrogens is 1. The van der Waals surface area contributed by atoms with Gasteiger partial charge in [0, 0.05) is 0 Å². The highest BCUT2D eigenvalue weighted by Crippen LogP contribution is 2.44. The molecule has 0 saturated carbocycles. The molecule has 3 aromatic carbocycles. The van der Waals surface area contributed by atoms with Crippen LogP contribution < -0.4 is 15.1 Å². The third kappa shape index (κ3) is 2.95. The van der Waals surface area contributed by atoms with Crippen molar-refractivity contribution in [1.29, 1.82) is 0 Å². The molecule has 0 unspecified atom stereocenters. The van der Waals surface area contributed by atoms with Crippen molar-refractivity contribution >= 4 is 43.6 Å². The highest BCUT2D eigenvalue weighted by molar-refractivity contribution is 7.22. The van der Waals surface area contributed by atoms with Gasteiger partial charge in [-0.25, -0.2) is 9.37 Å². The first-order valence-corrected chi connectivity index (χ1v) is 11.0. The van der Waals surface area contributed by atoms with E-state index in [0.29, 0.717) is 37.6 Å². The summed E-state index contributed by atoms with van der Waals surface area (Å²) in [5.74, 6) is -0.289. The van der Waals surface area contributed by atoms with Gasteiger partial charge in [-0.15, -0.1) is 0 Å². The lowest BCUT2D eigenvalue weighted by molar-refractivity contribution is 0.0971. The van der Waals surface area contributed by atoms with Gasteiger partial charge in [0.05, 0.1) is 34.3 Å². The molecule has 0 aliphatic carbocycles. The first-order chi connectivity index (χ1) is 16.0. The topological polar surface area (TPSA) is 72.6 Å². The van der Waals surface area contributed by atoms with Crippen molar-refractivity contribution < 1.29 is 18.3 Å². The third-order valence-electron chi connectivity index (χ3n) is 5.73. The zero-order valence-electron chi connectivity index (χ0n) is 17.2. The Labute approximate surface area is 190 Å². The lowest BCUT2D eigenvalue weighted by Crippen LogP contribution is -2.29. The number of nitrogens with zero attached hydrogens (tertiary/aromatic N) is 2. The standard InChI is InChI=1S/C25H15FN2O4S/c1-31-15-6-4-5-13(11-15)21-20-22(29)16-7-2-3-8-18(16)32-23(20)24(30)28(21)25-27-17-10-9-14(26)12-19(17)33-25/h2-12,21H,1H3/t21-/m0/s1. The Balaban J connectivity index is 1.64. The van der Waals surface area contributed by atoms with Crippen molar-refractivity contribution in [2.45, 2.75) is 6.04 Å². The zero-order valence-corrected chi connectivity index (χ0v) is 18.1. The molecule has 33 heavy (non-hydrogen) atoms. The number of carbonyl (C=O) groups is 1. The number of para-hydroxylation sites is 1. The number of benzene rings is 3. The van der Waals surface area contributed by atoms with E-state index in [1.54, 1.807) is 55.6 Å². The number of halogens is 1. The van der Waals surface area contributed by atoms with Gasteiger partial charge in [-0.1, -0.05) is 35.6 Å². The molecule has 2 aromatic heterocycles.